The molecule has 0 atom stereocenters. The lowest BCUT2D eigenvalue weighted by atomic mass is 10.2. The molecule has 0 radical (unpaired) electrons. The number of ether oxygens (including phenoxy) is 1. The zero-order valence-electron chi connectivity index (χ0n) is 10.3. The van der Waals surface area contributed by atoms with Crippen LogP contribution in [0.1, 0.15) is 11.1 Å². The summed E-state index contributed by atoms with van der Waals surface area (Å²) in [4.78, 5) is 9.99. The number of aryl methyl sites for hydroxylation is 1. The number of non-ortho nitro benzene ring substituents is 1. The summed E-state index contributed by atoms with van der Waals surface area (Å²) in [5, 5.41) is 10.6. The summed E-state index contributed by atoms with van der Waals surface area (Å²) in [6, 6.07) is 10.8. The molecule has 0 fully saturated rings. The Morgan fingerprint density at radius 1 is 1.21 bits per heavy atom. The number of rotatable bonds is 4. The maximum absolute atomic E-state index is 13.2. The van der Waals surface area contributed by atoms with Gasteiger partial charge in [-0.25, -0.2) is 4.39 Å². The van der Waals surface area contributed by atoms with Crippen LogP contribution in [-0.2, 0) is 6.61 Å². The van der Waals surface area contributed by atoms with E-state index in [2.05, 4.69) is 0 Å². The second-order valence-corrected chi connectivity index (χ2v) is 4.18. The minimum Gasteiger partial charge on any atom is -0.489 e. The first kappa shape index (κ1) is 13.0. The number of nitrogens with zero attached hydrogens (tertiary/aromatic N) is 1. The first-order valence-corrected chi connectivity index (χ1v) is 5.68. The van der Waals surface area contributed by atoms with Gasteiger partial charge < -0.3 is 4.74 Å². The van der Waals surface area contributed by atoms with Gasteiger partial charge in [0.05, 0.1) is 11.0 Å². The summed E-state index contributed by atoms with van der Waals surface area (Å²) in [6.45, 7) is 2.04. The van der Waals surface area contributed by atoms with Gasteiger partial charge in [0.1, 0.15) is 18.2 Å². The molecule has 0 N–H and O–H groups in total. The molecule has 0 aliphatic rings. The zero-order valence-corrected chi connectivity index (χ0v) is 10.3. The van der Waals surface area contributed by atoms with Crippen LogP contribution in [-0.4, -0.2) is 4.92 Å². The van der Waals surface area contributed by atoms with Crippen LogP contribution in [0.15, 0.2) is 42.5 Å². The largest absolute Gasteiger partial charge is 0.489 e. The highest BCUT2D eigenvalue weighted by molar-refractivity contribution is 5.35. The Morgan fingerprint density at radius 3 is 2.53 bits per heavy atom. The molecule has 19 heavy (non-hydrogen) atoms. The monoisotopic (exact) mass is 261 g/mol. The van der Waals surface area contributed by atoms with E-state index in [0.29, 0.717) is 11.3 Å². The number of nitro benzene ring substituents is 1. The highest BCUT2D eigenvalue weighted by Crippen LogP contribution is 2.19. The fraction of sp³-hybridized carbons (Fsp3) is 0.143. The van der Waals surface area contributed by atoms with E-state index in [4.69, 9.17) is 4.74 Å². The van der Waals surface area contributed by atoms with Gasteiger partial charge in [-0.3, -0.25) is 10.1 Å². The average molecular weight is 261 g/mol. The summed E-state index contributed by atoms with van der Waals surface area (Å²) < 4.78 is 18.7. The fourth-order valence-corrected chi connectivity index (χ4v) is 1.62. The molecule has 0 saturated heterocycles. The first-order valence-electron chi connectivity index (χ1n) is 5.68. The molecule has 2 aromatic carbocycles. The lowest BCUT2D eigenvalue weighted by molar-refractivity contribution is -0.385. The predicted octanol–water partition coefficient (Wildman–Crippen LogP) is 3.62. The summed E-state index contributed by atoms with van der Waals surface area (Å²) in [5.74, 6) is -0.00535. The van der Waals surface area contributed by atoms with Crippen LogP contribution in [0.4, 0.5) is 10.1 Å². The van der Waals surface area contributed by atoms with E-state index in [9.17, 15) is 14.5 Å². The molecule has 0 spiro atoms. The van der Waals surface area contributed by atoms with Gasteiger partial charge in [0.2, 0.25) is 0 Å². The third-order valence-electron chi connectivity index (χ3n) is 2.58. The molecule has 0 aliphatic carbocycles. The van der Waals surface area contributed by atoms with E-state index in [1.54, 1.807) is 12.1 Å². The maximum Gasteiger partial charge on any atom is 0.272 e. The fourth-order valence-electron chi connectivity index (χ4n) is 1.62. The van der Waals surface area contributed by atoms with Crippen molar-refractivity contribution in [3.05, 3.63) is 69.5 Å². The van der Waals surface area contributed by atoms with E-state index >= 15 is 0 Å². The molecule has 0 bridgehead atoms. The summed E-state index contributed by atoms with van der Waals surface area (Å²) >= 11 is 0. The Labute approximate surface area is 109 Å². The SMILES string of the molecule is Cc1ccc(OCc2cc(F)cc([N+](=O)[O-])c2)cc1. The third kappa shape index (κ3) is 3.51. The van der Waals surface area contributed by atoms with Crippen molar-refractivity contribution in [2.45, 2.75) is 13.5 Å². The van der Waals surface area contributed by atoms with Gasteiger partial charge in [0.25, 0.3) is 5.69 Å². The molecule has 2 rings (SSSR count). The standard InChI is InChI=1S/C14H12FNO3/c1-10-2-4-14(5-3-10)19-9-11-6-12(15)8-13(7-11)16(17)18/h2-8H,9H2,1H3. The number of hydrogen-bond acceptors (Lipinski definition) is 3. The van der Waals surface area contributed by atoms with Gasteiger partial charge in [0, 0.05) is 6.07 Å². The molecule has 2 aromatic rings. The quantitative estimate of drug-likeness (QED) is 0.624. The summed E-state index contributed by atoms with van der Waals surface area (Å²) in [7, 11) is 0. The minimum absolute atomic E-state index is 0.0850. The lowest BCUT2D eigenvalue weighted by Crippen LogP contribution is -1.98. The van der Waals surface area contributed by atoms with Crippen molar-refractivity contribution in [2.24, 2.45) is 0 Å². The maximum atomic E-state index is 13.2. The smallest absolute Gasteiger partial charge is 0.272 e. The van der Waals surface area contributed by atoms with Crippen LogP contribution in [0, 0.1) is 22.9 Å². The van der Waals surface area contributed by atoms with Gasteiger partial charge in [-0.1, -0.05) is 17.7 Å². The van der Waals surface area contributed by atoms with Crippen LogP contribution in [0.25, 0.3) is 0 Å². The van der Waals surface area contributed by atoms with Crippen LogP contribution >= 0.6 is 0 Å². The third-order valence-corrected chi connectivity index (χ3v) is 2.58. The van der Waals surface area contributed by atoms with Crippen molar-refractivity contribution in [3.8, 4) is 5.75 Å². The highest BCUT2D eigenvalue weighted by atomic mass is 19.1. The Bertz CT molecular complexity index is 596. The minimum atomic E-state index is -0.642. The van der Waals surface area contributed by atoms with E-state index in [-0.39, 0.29) is 12.3 Å². The second-order valence-electron chi connectivity index (χ2n) is 4.18. The molecule has 0 saturated carbocycles. The molecule has 0 aliphatic heterocycles. The Balaban J connectivity index is 2.11. The Kier molecular flexibility index (Phi) is 3.75. The van der Waals surface area contributed by atoms with Crippen molar-refractivity contribution in [2.75, 3.05) is 0 Å². The Morgan fingerprint density at radius 2 is 1.89 bits per heavy atom. The summed E-state index contributed by atoms with van der Waals surface area (Å²) in [6.07, 6.45) is 0. The van der Waals surface area contributed by atoms with Crippen molar-refractivity contribution < 1.29 is 14.1 Å². The molecule has 4 nitrogen and oxygen atoms in total. The molecular weight excluding hydrogens is 249 g/mol. The van der Waals surface area contributed by atoms with Gasteiger partial charge >= 0.3 is 0 Å². The van der Waals surface area contributed by atoms with Gasteiger partial charge in [-0.15, -0.1) is 0 Å². The molecular formula is C14H12FNO3. The Hall–Kier alpha value is -2.43. The number of benzene rings is 2. The lowest BCUT2D eigenvalue weighted by Gasteiger charge is -2.06. The van der Waals surface area contributed by atoms with E-state index in [0.717, 1.165) is 11.6 Å². The molecule has 0 aromatic heterocycles. The van der Waals surface area contributed by atoms with Crippen LogP contribution in [0.2, 0.25) is 0 Å². The number of nitro groups is 1. The van der Waals surface area contributed by atoms with Crippen molar-refractivity contribution in [1.82, 2.24) is 0 Å². The number of hydrogen-bond donors (Lipinski definition) is 0. The van der Waals surface area contributed by atoms with E-state index < -0.39 is 10.7 Å². The number of halogens is 1. The molecule has 5 heteroatoms. The second kappa shape index (κ2) is 5.48. The van der Waals surface area contributed by atoms with E-state index in [1.807, 2.05) is 19.1 Å². The van der Waals surface area contributed by atoms with Crippen LogP contribution in [0.5, 0.6) is 5.75 Å². The highest BCUT2D eigenvalue weighted by Gasteiger charge is 2.10. The molecule has 98 valence electrons. The van der Waals surface area contributed by atoms with Gasteiger partial charge in [-0.05, 0) is 30.7 Å². The average Bonchev–Trinajstić information content (AvgIpc) is 2.37. The normalized spacial score (nSPS) is 10.2. The van der Waals surface area contributed by atoms with E-state index in [1.165, 1.54) is 12.1 Å². The van der Waals surface area contributed by atoms with Crippen molar-refractivity contribution >= 4 is 5.69 Å². The van der Waals surface area contributed by atoms with Crippen LogP contribution < -0.4 is 4.74 Å². The van der Waals surface area contributed by atoms with Crippen molar-refractivity contribution in [3.63, 3.8) is 0 Å². The molecule has 0 heterocycles. The van der Waals surface area contributed by atoms with Gasteiger partial charge in [0.15, 0.2) is 0 Å². The zero-order chi connectivity index (χ0) is 13.8. The molecule has 0 amide bonds. The van der Waals surface area contributed by atoms with Crippen LogP contribution in [0.3, 0.4) is 0 Å². The summed E-state index contributed by atoms with van der Waals surface area (Å²) in [5.41, 5.74) is 1.25. The molecule has 0 unspecified atom stereocenters. The van der Waals surface area contributed by atoms with Gasteiger partial charge in [-0.2, -0.15) is 0 Å². The predicted molar refractivity (Wildman–Crippen MR) is 68.6 cm³/mol. The topological polar surface area (TPSA) is 52.4 Å². The van der Waals surface area contributed by atoms with Crippen molar-refractivity contribution in [1.29, 1.82) is 0 Å². The first-order chi connectivity index (χ1) is 9.04.